The lowest BCUT2D eigenvalue weighted by molar-refractivity contribution is 0.117. The van der Waals surface area contributed by atoms with Gasteiger partial charge in [-0.3, -0.25) is 9.97 Å². The number of aliphatic hydroxyl groups is 1. The van der Waals surface area contributed by atoms with Gasteiger partial charge in [-0.2, -0.15) is 0 Å². The molecule has 4 rings (SSSR count). The van der Waals surface area contributed by atoms with Crippen LogP contribution in [0.1, 0.15) is 18.2 Å². The van der Waals surface area contributed by atoms with E-state index in [1.807, 2.05) is 30.5 Å². The Kier molecular flexibility index (Phi) is 4.03. The summed E-state index contributed by atoms with van der Waals surface area (Å²) in [5.74, 6) is 6.09. The van der Waals surface area contributed by atoms with E-state index in [9.17, 15) is 5.11 Å². The zero-order valence-electron chi connectivity index (χ0n) is 14.5. The Morgan fingerprint density at radius 1 is 1.19 bits per heavy atom. The van der Waals surface area contributed by atoms with E-state index in [0.717, 1.165) is 27.7 Å². The van der Waals surface area contributed by atoms with Gasteiger partial charge in [0.05, 0.1) is 17.9 Å². The SMILES string of the molecule is CC(O)(C#Cc1cccc(-c2c[nH]c3cnc(N)nc23)c1)c1cnccn1. The second-order valence-corrected chi connectivity index (χ2v) is 6.19. The van der Waals surface area contributed by atoms with E-state index in [4.69, 9.17) is 5.73 Å². The van der Waals surface area contributed by atoms with Crippen molar-refractivity contribution in [2.75, 3.05) is 5.73 Å². The molecular formula is C20H16N6O. The lowest BCUT2D eigenvalue weighted by Crippen LogP contribution is -2.20. The highest BCUT2D eigenvalue weighted by molar-refractivity contribution is 5.92. The minimum Gasteiger partial charge on any atom is -0.372 e. The van der Waals surface area contributed by atoms with Crippen molar-refractivity contribution in [1.29, 1.82) is 0 Å². The highest BCUT2D eigenvalue weighted by Gasteiger charge is 2.21. The molecule has 0 saturated heterocycles. The quantitative estimate of drug-likeness (QED) is 0.475. The second-order valence-electron chi connectivity index (χ2n) is 6.19. The predicted octanol–water partition coefficient (Wildman–Crippen LogP) is 2.26. The summed E-state index contributed by atoms with van der Waals surface area (Å²) in [6.45, 7) is 1.59. The zero-order chi connectivity index (χ0) is 18.9. The predicted molar refractivity (Wildman–Crippen MR) is 102 cm³/mol. The molecule has 27 heavy (non-hydrogen) atoms. The van der Waals surface area contributed by atoms with Gasteiger partial charge in [-0.15, -0.1) is 0 Å². The largest absolute Gasteiger partial charge is 0.372 e. The van der Waals surface area contributed by atoms with E-state index < -0.39 is 5.60 Å². The molecule has 4 N–H and O–H groups in total. The van der Waals surface area contributed by atoms with E-state index in [1.54, 1.807) is 19.3 Å². The third kappa shape index (κ3) is 3.34. The Morgan fingerprint density at radius 2 is 2.07 bits per heavy atom. The summed E-state index contributed by atoms with van der Waals surface area (Å²) < 4.78 is 0. The first-order valence-corrected chi connectivity index (χ1v) is 8.25. The van der Waals surface area contributed by atoms with Crippen molar-refractivity contribution in [3.05, 3.63) is 66.5 Å². The maximum Gasteiger partial charge on any atom is 0.220 e. The van der Waals surface area contributed by atoms with Gasteiger partial charge in [0.15, 0.2) is 5.60 Å². The van der Waals surface area contributed by atoms with Crippen LogP contribution in [0.15, 0.2) is 55.2 Å². The van der Waals surface area contributed by atoms with Crippen LogP contribution in [0.25, 0.3) is 22.2 Å². The molecular weight excluding hydrogens is 340 g/mol. The van der Waals surface area contributed by atoms with Crippen LogP contribution in [0.5, 0.6) is 0 Å². The van der Waals surface area contributed by atoms with Crippen molar-refractivity contribution in [2.45, 2.75) is 12.5 Å². The van der Waals surface area contributed by atoms with Gasteiger partial charge in [0.25, 0.3) is 0 Å². The molecule has 7 heteroatoms. The molecule has 0 amide bonds. The molecule has 0 fully saturated rings. The van der Waals surface area contributed by atoms with Crippen LogP contribution in [0, 0.1) is 11.8 Å². The number of anilines is 1. The highest BCUT2D eigenvalue weighted by atomic mass is 16.3. The number of H-pyrrole nitrogens is 1. The van der Waals surface area contributed by atoms with E-state index in [1.165, 1.54) is 12.4 Å². The van der Waals surface area contributed by atoms with Gasteiger partial charge in [0.2, 0.25) is 5.95 Å². The summed E-state index contributed by atoms with van der Waals surface area (Å²) in [6, 6.07) is 7.68. The fraction of sp³-hybridized carbons (Fsp3) is 0.100. The molecule has 1 atom stereocenters. The smallest absolute Gasteiger partial charge is 0.220 e. The van der Waals surface area contributed by atoms with Crippen LogP contribution in [-0.2, 0) is 5.60 Å². The average Bonchev–Trinajstić information content (AvgIpc) is 3.10. The number of benzene rings is 1. The molecule has 3 aromatic heterocycles. The first-order valence-electron chi connectivity index (χ1n) is 8.25. The summed E-state index contributed by atoms with van der Waals surface area (Å²) in [5, 5.41) is 10.6. The van der Waals surface area contributed by atoms with Gasteiger partial charge in [0.1, 0.15) is 11.2 Å². The van der Waals surface area contributed by atoms with Crippen LogP contribution < -0.4 is 5.73 Å². The Morgan fingerprint density at radius 3 is 2.89 bits per heavy atom. The molecule has 0 aliphatic carbocycles. The molecule has 0 bridgehead atoms. The third-order valence-electron chi connectivity index (χ3n) is 4.12. The van der Waals surface area contributed by atoms with E-state index in [0.29, 0.717) is 5.69 Å². The van der Waals surface area contributed by atoms with Crippen LogP contribution in [0.3, 0.4) is 0 Å². The highest BCUT2D eigenvalue weighted by Crippen LogP contribution is 2.27. The summed E-state index contributed by atoms with van der Waals surface area (Å²) >= 11 is 0. The number of nitrogens with zero attached hydrogens (tertiary/aromatic N) is 4. The topological polar surface area (TPSA) is 114 Å². The second kappa shape index (κ2) is 6.52. The molecule has 0 spiro atoms. The summed E-state index contributed by atoms with van der Waals surface area (Å²) in [4.78, 5) is 19.5. The molecule has 0 aliphatic rings. The van der Waals surface area contributed by atoms with Crippen molar-refractivity contribution in [2.24, 2.45) is 0 Å². The third-order valence-corrected chi connectivity index (χ3v) is 4.12. The number of fused-ring (bicyclic) bond motifs is 1. The number of rotatable bonds is 2. The molecule has 0 radical (unpaired) electrons. The molecule has 7 nitrogen and oxygen atoms in total. The lowest BCUT2D eigenvalue weighted by atomic mass is 10.0. The summed E-state index contributed by atoms with van der Waals surface area (Å²) in [6.07, 6.45) is 8.09. The van der Waals surface area contributed by atoms with Gasteiger partial charge in [0, 0.05) is 29.7 Å². The average molecular weight is 356 g/mol. The maximum absolute atomic E-state index is 10.6. The molecule has 1 unspecified atom stereocenters. The standard InChI is InChI=1S/C20H16N6O/c1-20(27,17-12-22-7-8-23-17)6-5-13-3-2-4-14(9-13)15-10-24-16-11-25-19(21)26-18(15)16/h2-4,7-12,24,27H,1H3,(H2,21,25,26). The summed E-state index contributed by atoms with van der Waals surface area (Å²) in [7, 11) is 0. The van der Waals surface area contributed by atoms with E-state index in [2.05, 4.69) is 36.8 Å². The first kappa shape index (κ1) is 16.7. The monoisotopic (exact) mass is 356 g/mol. The van der Waals surface area contributed by atoms with Crippen molar-refractivity contribution in [1.82, 2.24) is 24.9 Å². The number of aromatic nitrogens is 5. The van der Waals surface area contributed by atoms with Crippen molar-refractivity contribution < 1.29 is 5.11 Å². The number of hydrogen-bond donors (Lipinski definition) is 3. The fourth-order valence-corrected chi connectivity index (χ4v) is 2.72. The number of nitrogen functional groups attached to an aromatic ring is 1. The molecule has 4 aromatic rings. The normalized spacial score (nSPS) is 13.0. The van der Waals surface area contributed by atoms with E-state index in [-0.39, 0.29) is 5.95 Å². The van der Waals surface area contributed by atoms with Crippen molar-refractivity contribution >= 4 is 17.0 Å². The Hall–Kier alpha value is -3.76. The van der Waals surface area contributed by atoms with Crippen LogP contribution in [-0.4, -0.2) is 30.0 Å². The maximum atomic E-state index is 10.6. The van der Waals surface area contributed by atoms with Gasteiger partial charge < -0.3 is 15.8 Å². The van der Waals surface area contributed by atoms with Gasteiger partial charge >= 0.3 is 0 Å². The Balaban J connectivity index is 1.71. The summed E-state index contributed by atoms with van der Waals surface area (Å²) in [5.41, 5.74) is 8.87. The molecule has 1 aromatic carbocycles. The lowest BCUT2D eigenvalue weighted by Gasteiger charge is -2.14. The Labute approximate surface area is 155 Å². The van der Waals surface area contributed by atoms with Crippen LogP contribution >= 0.6 is 0 Å². The van der Waals surface area contributed by atoms with Crippen LogP contribution in [0.4, 0.5) is 5.95 Å². The van der Waals surface area contributed by atoms with E-state index >= 15 is 0 Å². The minimum absolute atomic E-state index is 0.222. The number of nitrogens with one attached hydrogen (secondary N) is 1. The fourth-order valence-electron chi connectivity index (χ4n) is 2.72. The Bertz CT molecular complexity index is 1170. The number of hydrogen-bond acceptors (Lipinski definition) is 6. The van der Waals surface area contributed by atoms with Crippen molar-refractivity contribution in [3.63, 3.8) is 0 Å². The van der Waals surface area contributed by atoms with Gasteiger partial charge in [-0.05, 0) is 24.6 Å². The minimum atomic E-state index is -1.40. The number of nitrogens with two attached hydrogens (primary N) is 1. The first-order chi connectivity index (χ1) is 13.0. The van der Waals surface area contributed by atoms with Crippen LogP contribution in [0.2, 0.25) is 0 Å². The zero-order valence-corrected chi connectivity index (χ0v) is 14.5. The molecule has 3 heterocycles. The van der Waals surface area contributed by atoms with Crippen molar-refractivity contribution in [3.8, 4) is 23.0 Å². The molecule has 0 aliphatic heterocycles. The van der Waals surface area contributed by atoms with Gasteiger partial charge in [-0.25, -0.2) is 9.97 Å². The van der Waals surface area contributed by atoms with Gasteiger partial charge in [-0.1, -0.05) is 24.0 Å². The molecule has 0 saturated carbocycles. The number of aromatic amines is 1. The molecule has 132 valence electrons.